The van der Waals surface area contributed by atoms with E-state index in [1.165, 1.54) is 11.3 Å². The molecule has 0 aliphatic carbocycles. The predicted molar refractivity (Wildman–Crippen MR) is 80.4 cm³/mol. The number of methoxy groups -OCH3 is 1. The van der Waals surface area contributed by atoms with Crippen molar-refractivity contribution in [1.29, 1.82) is 0 Å². The summed E-state index contributed by atoms with van der Waals surface area (Å²) in [5.74, 6) is 0.873. The van der Waals surface area contributed by atoms with E-state index >= 15 is 0 Å². The van der Waals surface area contributed by atoms with Gasteiger partial charge in [0.25, 0.3) is 0 Å². The Morgan fingerprint density at radius 3 is 3.10 bits per heavy atom. The molecule has 106 valence electrons. The molecule has 6 heteroatoms. The first-order valence-corrected chi connectivity index (χ1v) is 7.48. The van der Waals surface area contributed by atoms with E-state index in [1.807, 2.05) is 25.1 Å². The summed E-state index contributed by atoms with van der Waals surface area (Å²) in [7, 11) is 1.64. The summed E-state index contributed by atoms with van der Waals surface area (Å²) < 4.78 is 6.20. The normalized spacial score (nSPS) is 22.1. The number of hydrogen-bond acceptors (Lipinski definition) is 5. The maximum atomic E-state index is 12.2. The number of aromatic nitrogens is 1. The first-order chi connectivity index (χ1) is 9.67. The molecule has 1 saturated heterocycles. The van der Waals surface area contributed by atoms with Crippen LogP contribution in [0.3, 0.4) is 0 Å². The summed E-state index contributed by atoms with van der Waals surface area (Å²) in [6.45, 7) is 2.94. The van der Waals surface area contributed by atoms with Gasteiger partial charge in [0.15, 0.2) is 5.13 Å². The smallest absolute Gasteiger partial charge is 0.230 e. The third-order valence-corrected chi connectivity index (χ3v) is 4.62. The van der Waals surface area contributed by atoms with Crippen LogP contribution >= 0.6 is 11.3 Å². The van der Waals surface area contributed by atoms with Crippen molar-refractivity contribution in [2.24, 2.45) is 5.92 Å². The molecule has 0 spiro atoms. The summed E-state index contributed by atoms with van der Waals surface area (Å²) in [5, 5.41) is 6.86. The molecule has 0 bridgehead atoms. The average molecular weight is 291 g/mol. The highest BCUT2D eigenvalue weighted by Crippen LogP contribution is 2.29. The van der Waals surface area contributed by atoms with Crippen molar-refractivity contribution in [3.05, 3.63) is 18.2 Å². The summed E-state index contributed by atoms with van der Waals surface area (Å²) in [4.78, 5) is 16.7. The number of nitrogens with one attached hydrogen (secondary N) is 2. The molecule has 2 atom stereocenters. The van der Waals surface area contributed by atoms with Crippen LogP contribution in [0.15, 0.2) is 18.2 Å². The maximum Gasteiger partial charge on any atom is 0.230 e. The van der Waals surface area contributed by atoms with E-state index in [4.69, 9.17) is 4.74 Å². The molecule has 2 N–H and O–H groups in total. The Bertz CT molecular complexity index is 640. The molecule has 0 saturated carbocycles. The van der Waals surface area contributed by atoms with Gasteiger partial charge in [0, 0.05) is 6.04 Å². The number of nitrogens with zero attached hydrogens (tertiary/aromatic N) is 1. The zero-order valence-electron chi connectivity index (χ0n) is 11.5. The van der Waals surface area contributed by atoms with E-state index in [0.717, 1.165) is 28.9 Å². The Balaban J connectivity index is 1.78. The van der Waals surface area contributed by atoms with Crippen LogP contribution in [0.1, 0.15) is 13.3 Å². The molecular formula is C14H17N3O2S. The van der Waals surface area contributed by atoms with Gasteiger partial charge >= 0.3 is 0 Å². The number of carbonyl (C=O) groups excluding carboxylic acids is 1. The Morgan fingerprint density at radius 1 is 1.55 bits per heavy atom. The van der Waals surface area contributed by atoms with Gasteiger partial charge in [0.2, 0.25) is 5.91 Å². The average Bonchev–Trinajstić information content (AvgIpc) is 3.03. The molecule has 2 heterocycles. The number of benzene rings is 1. The second-order valence-corrected chi connectivity index (χ2v) is 6.01. The van der Waals surface area contributed by atoms with Gasteiger partial charge in [0.05, 0.1) is 23.2 Å². The van der Waals surface area contributed by atoms with Crippen LogP contribution in [0.2, 0.25) is 0 Å². The quantitative estimate of drug-likeness (QED) is 0.910. The van der Waals surface area contributed by atoms with Crippen LogP contribution in [-0.4, -0.2) is 30.6 Å². The highest BCUT2D eigenvalue weighted by Gasteiger charge is 2.29. The Morgan fingerprint density at radius 2 is 2.40 bits per heavy atom. The van der Waals surface area contributed by atoms with Crippen LogP contribution in [0.5, 0.6) is 5.75 Å². The number of amides is 1. The lowest BCUT2D eigenvalue weighted by atomic mass is 10.0. The van der Waals surface area contributed by atoms with Gasteiger partial charge in [-0.15, -0.1) is 0 Å². The second kappa shape index (κ2) is 5.38. The summed E-state index contributed by atoms with van der Waals surface area (Å²) in [6, 6.07) is 5.93. The molecule has 1 aromatic heterocycles. The number of fused-ring (bicyclic) bond motifs is 1. The Hall–Kier alpha value is -1.66. The van der Waals surface area contributed by atoms with Gasteiger partial charge in [-0.1, -0.05) is 11.3 Å². The van der Waals surface area contributed by atoms with Gasteiger partial charge < -0.3 is 15.4 Å². The first kappa shape index (κ1) is 13.3. The highest BCUT2D eigenvalue weighted by molar-refractivity contribution is 7.22. The Labute approximate surface area is 121 Å². The number of carbonyl (C=O) groups is 1. The van der Waals surface area contributed by atoms with Gasteiger partial charge in [0.1, 0.15) is 5.75 Å². The minimum absolute atomic E-state index is 0.0246. The van der Waals surface area contributed by atoms with Gasteiger partial charge in [-0.2, -0.15) is 0 Å². The fraction of sp³-hybridized carbons (Fsp3) is 0.429. The fourth-order valence-corrected chi connectivity index (χ4v) is 3.40. The predicted octanol–water partition coefficient (Wildman–Crippen LogP) is 2.24. The van der Waals surface area contributed by atoms with Crippen LogP contribution in [0.25, 0.3) is 10.2 Å². The summed E-state index contributed by atoms with van der Waals surface area (Å²) >= 11 is 1.47. The number of rotatable bonds is 3. The maximum absolute atomic E-state index is 12.2. The van der Waals surface area contributed by atoms with Crippen molar-refractivity contribution in [2.45, 2.75) is 19.4 Å². The summed E-state index contributed by atoms with van der Waals surface area (Å²) in [5.41, 5.74) is 0.878. The molecule has 0 radical (unpaired) electrons. The SMILES string of the molecule is COc1ccc2nc(NC(=O)C3CCNC3C)sc2c1. The van der Waals surface area contributed by atoms with E-state index in [-0.39, 0.29) is 17.9 Å². The minimum atomic E-state index is 0.0246. The Kier molecular flexibility index (Phi) is 3.58. The van der Waals surface area contributed by atoms with E-state index < -0.39 is 0 Å². The molecular weight excluding hydrogens is 274 g/mol. The van der Waals surface area contributed by atoms with Crippen molar-refractivity contribution in [2.75, 3.05) is 19.0 Å². The third-order valence-electron chi connectivity index (χ3n) is 3.69. The van der Waals surface area contributed by atoms with E-state index in [0.29, 0.717) is 5.13 Å². The monoisotopic (exact) mass is 291 g/mol. The molecule has 2 unspecified atom stereocenters. The topological polar surface area (TPSA) is 63.2 Å². The van der Waals surface area contributed by atoms with Crippen LogP contribution in [-0.2, 0) is 4.79 Å². The van der Waals surface area contributed by atoms with Crippen molar-refractivity contribution in [1.82, 2.24) is 10.3 Å². The minimum Gasteiger partial charge on any atom is -0.497 e. The molecule has 1 aromatic carbocycles. The lowest BCUT2D eigenvalue weighted by molar-refractivity contribution is -0.119. The molecule has 2 aromatic rings. The zero-order chi connectivity index (χ0) is 14.1. The van der Waals surface area contributed by atoms with Gasteiger partial charge in [-0.3, -0.25) is 4.79 Å². The van der Waals surface area contributed by atoms with Gasteiger partial charge in [-0.05, 0) is 38.1 Å². The van der Waals surface area contributed by atoms with Crippen LogP contribution in [0.4, 0.5) is 5.13 Å². The highest BCUT2D eigenvalue weighted by atomic mass is 32.1. The summed E-state index contributed by atoms with van der Waals surface area (Å²) in [6.07, 6.45) is 0.881. The van der Waals surface area contributed by atoms with Crippen LogP contribution < -0.4 is 15.4 Å². The molecule has 1 amide bonds. The second-order valence-electron chi connectivity index (χ2n) is 4.98. The first-order valence-electron chi connectivity index (χ1n) is 6.66. The third kappa shape index (κ3) is 2.48. The van der Waals surface area contributed by atoms with E-state index in [9.17, 15) is 4.79 Å². The number of hydrogen-bond donors (Lipinski definition) is 2. The van der Waals surface area contributed by atoms with Crippen molar-refractivity contribution < 1.29 is 9.53 Å². The standard InChI is InChI=1S/C14H17N3O2S/c1-8-10(5-6-15-8)13(18)17-14-16-11-4-3-9(19-2)7-12(11)20-14/h3-4,7-8,10,15H,5-6H2,1-2H3,(H,16,17,18). The van der Waals surface area contributed by atoms with Crippen molar-refractivity contribution >= 4 is 32.6 Å². The molecule has 3 rings (SSSR count). The molecule has 5 nitrogen and oxygen atoms in total. The van der Waals surface area contributed by atoms with Crippen LogP contribution in [0, 0.1) is 5.92 Å². The largest absolute Gasteiger partial charge is 0.497 e. The molecule has 1 aliphatic rings. The van der Waals surface area contributed by atoms with Crippen molar-refractivity contribution in [3.63, 3.8) is 0 Å². The fourth-order valence-electron chi connectivity index (χ4n) is 2.50. The number of thiazole rings is 1. The zero-order valence-corrected chi connectivity index (χ0v) is 12.3. The molecule has 1 aliphatic heterocycles. The molecule has 1 fully saturated rings. The lowest BCUT2D eigenvalue weighted by Crippen LogP contribution is -2.31. The molecule has 20 heavy (non-hydrogen) atoms. The van der Waals surface area contributed by atoms with E-state index in [2.05, 4.69) is 15.6 Å². The lowest BCUT2D eigenvalue weighted by Gasteiger charge is -2.13. The van der Waals surface area contributed by atoms with Gasteiger partial charge in [-0.25, -0.2) is 4.98 Å². The van der Waals surface area contributed by atoms with E-state index in [1.54, 1.807) is 7.11 Å². The van der Waals surface area contributed by atoms with Crippen molar-refractivity contribution in [3.8, 4) is 5.75 Å². The number of ether oxygens (including phenoxy) is 1. The number of anilines is 1.